The number of nitrogens with one attached hydrogen (secondary N) is 2. The summed E-state index contributed by atoms with van der Waals surface area (Å²) < 4.78 is 0. The zero-order chi connectivity index (χ0) is 17.8. The molecule has 3 nitrogen and oxygen atoms in total. The zero-order valence-corrected chi connectivity index (χ0v) is 15.4. The lowest BCUT2D eigenvalue weighted by atomic mass is 9.89. The molecule has 2 aliphatic rings. The SMILES string of the molecule is O=C(NC1CC1)[C@H](c1ccccc1)[NH+]1CCC(Cc2ccccc2)CC1. The molecule has 2 N–H and O–H groups in total. The lowest BCUT2D eigenvalue weighted by Crippen LogP contribution is -3.14. The Morgan fingerprint density at radius 2 is 1.54 bits per heavy atom. The fraction of sp³-hybridized carbons (Fsp3) is 0.435. The highest BCUT2D eigenvalue weighted by Gasteiger charge is 2.37. The smallest absolute Gasteiger partial charge is 0.283 e. The second-order valence-electron chi connectivity index (χ2n) is 7.92. The van der Waals surface area contributed by atoms with Crippen LogP contribution in [0.4, 0.5) is 0 Å². The van der Waals surface area contributed by atoms with Gasteiger partial charge in [-0.1, -0.05) is 60.7 Å². The normalized spacial score (nSPS) is 24.0. The largest absolute Gasteiger partial charge is 0.348 e. The van der Waals surface area contributed by atoms with Crippen molar-refractivity contribution in [1.29, 1.82) is 0 Å². The molecule has 2 fully saturated rings. The van der Waals surface area contributed by atoms with E-state index in [1.165, 1.54) is 29.7 Å². The number of hydrogen-bond acceptors (Lipinski definition) is 1. The number of amides is 1. The van der Waals surface area contributed by atoms with Gasteiger partial charge in [-0.15, -0.1) is 0 Å². The summed E-state index contributed by atoms with van der Waals surface area (Å²) in [6, 6.07) is 21.5. The second-order valence-corrected chi connectivity index (χ2v) is 7.92. The number of rotatable bonds is 6. The van der Waals surface area contributed by atoms with Crippen molar-refractivity contribution in [2.45, 2.75) is 44.2 Å². The summed E-state index contributed by atoms with van der Waals surface area (Å²) in [7, 11) is 0. The molecule has 0 unspecified atom stereocenters. The van der Waals surface area contributed by atoms with E-state index >= 15 is 0 Å². The van der Waals surface area contributed by atoms with E-state index in [0.29, 0.717) is 6.04 Å². The quantitative estimate of drug-likeness (QED) is 0.826. The van der Waals surface area contributed by atoms with E-state index in [-0.39, 0.29) is 11.9 Å². The molecule has 1 atom stereocenters. The Morgan fingerprint density at radius 3 is 2.15 bits per heavy atom. The first-order valence-corrected chi connectivity index (χ1v) is 10.0. The third-order valence-corrected chi connectivity index (χ3v) is 5.84. The molecule has 0 bridgehead atoms. The fourth-order valence-electron chi connectivity index (χ4n) is 4.22. The minimum absolute atomic E-state index is 0.0607. The lowest BCUT2D eigenvalue weighted by molar-refractivity contribution is -0.928. The number of carbonyl (C=O) groups is 1. The average Bonchev–Trinajstić information content (AvgIpc) is 3.49. The van der Waals surface area contributed by atoms with Crippen molar-refractivity contribution in [3.05, 3.63) is 71.8 Å². The van der Waals surface area contributed by atoms with Crippen LogP contribution in [-0.2, 0) is 11.2 Å². The molecule has 2 aromatic rings. The summed E-state index contributed by atoms with van der Waals surface area (Å²) in [5.41, 5.74) is 2.59. The number of likely N-dealkylation sites (tertiary alicyclic amines) is 1. The van der Waals surface area contributed by atoms with E-state index in [0.717, 1.165) is 37.4 Å². The molecule has 0 aromatic heterocycles. The minimum atomic E-state index is -0.0607. The van der Waals surface area contributed by atoms with Gasteiger partial charge in [0.1, 0.15) is 0 Å². The Morgan fingerprint density at radius 1 is 0.923 bits per heavy atom. The molecule has 1 heterocycles. The Hall–Kier alpha value is -2.13. The summed E-state index contributed by atoms with van der Waals surface area (Å²) in [6.45, 7) is 2.16. The molecule has 2 aromatic carbocycles. The predicted octanol–water partition coefficient (Wildman–Crippen LogP) is 2.54. The monoisotopic (exact) mass is 349 g/mol. The molecule has 26 heavy (non-hydrogen) atoms. The highest BCUT2D eigenvalue weighted by Crippen LogP contribution is 2.22. The Kier molecular flexibility index (Phi) is 5.35. The van der Waals surface area contributed by atoms with Crippen molar-refractivity contribution < 1.29 is 9.69 Å². The maximum absolute atomic E-state index is 12.9. The van der Waals surface area contributed by atoms with Gasteiger partial charge in [0.2, 0.25) is 0 Å². The van der Waals surface area contributed by atoms with Crippen molar-refractivity contribution >= 4 is 5.91 Å². The van der Waals surface area contributed by atoms with E-state index in [4.69, 9.17) is 0 Å². The van der Waals surface area contributed by atoms with Crippen LogP contribution in [0.3, 0.4) is 0 Å². The molecule has 1 saturated heterocycles. The fourth-order valence-corrected chi connectivity index (χ4v) is 4.22. The topological polar surface area (TPSA) is 33.5 Å². The van der Waals surface area contributed by atoms with Crippen LogP contribution < -0.4 is 10.2 Å². The number of piperidine rings is 1. The standard InChI is InChI=1S/C23H28N2O/c26-23(24-21-11-12-21)22(20-9-5-2-6-10-20)25-15-13-19(14-16-25)17-18-7-3-1-4-8-18/h1-10,19,21-22H,11-17H2,(H,24,26)/p+1/t22-/m0/s1. The molecular weight excluding hydrogens is 320 g/mol. The van der Waals surface area contributed by atoms with Gasteiger partial charge >= 0.3 is 0 Å². The van der Waals surface area contributed by atoms with Gasteiger partial charge in [0.25, 0.3) is 5.91 Å². The minimum Gasteiger partial charge on any atom is -0.348 e. The lowest BCUT2D eigenvalue weighted by Gasteiger charge is -2.34. The van der Waals surface area contributed by atoms with E-state index < -0.39 is 0 Å². The van der Waals surface area contributed by atoms with Crippen LogP contribution in [0.25, 0.3) is 0 Å². The van der Waals surface area contributed by atoms with Crippen LogP contribution in [0, 0.1) is 5.92 Å². The molecule has 136 valence electrons. The first-order valence-electron chi connectivity index (χ1n) is 10.0. The van der Waals surface area contributed by atoms with Gasteiger partial charge < -0.3 is 10.2 Å². The van der Waals surface area contributed by atoms with E-state index in [1.807, 2.05) is 18.2 Å². The van der Waals surface area contributed by atoms with Gasteiger partial charge in [-0.25, -0.2) is 0 Å². The first-order chi connectivity index (χ1) is 12.8. The van der Waals surface area contributed by atoms with Crippen molar-refractivity contribution in [2.75, 3.05) is 13.1 Å². The maximum Gasteiger partial charge on any atom is 0.283 e. The molecule has 0 radical (unpaired) electrons. The number of carbonyl (C=O) groups excluding carboxylic acids is 1. The third-order valence-electron chi connectivity index (χ3n) is 5.84. The molecule has 4 rings (SSSR count). The first kappa shape index (κ1) is 17.3. The van der Waals surface area contributed by atoms with Crippen LogP contribution in [0.15, 0.2) is 60.7 Å². The van der Waals surface area contributed by atoms with Crippen LogP contribution in [-0.4, -0.2) is 25.0 Å². The Balaban J connectivity index is 1.41. The van der Waals surface area contributed by atoms with Crippen molar-refractivity contribution in [2.24, 2.45) is 5.92 Å². The zero-order valence-electron chi connectivity index (χ0n) is 15.4. The second kappa shape index (κ2) is 8.05. The Bertz CT molecular complexity index is 704. The van der Waals surface area contributed by atoms with Crippen LogP contribution >= 0.6 is 0 Å². The number of hydrogen-bond donors (Lipinski definition) is 2. The molecule has 1 amide bonds. The van der Waals surface area contributed by atoms with Gasteiger partial charge in [0.15, 0.2) is 6.04 Å². The molecule has 1 aliphatic carbocycles. The van der Waals surface area contributed by atoms with Crippen LogP contribution in [0.1, 0.15) is 42.9 Å². The van der Waals surface area contributed by atoms with E-state index in [9.17, 15) is 4.79 Å². The summed E-state index contributed by atoms with van der Waals surface area (Å²) in [5.74, 6) is 0.958. The van der Waals surface area contributed by atoms with Gasteiger partial charge in [0, 0.05) is 11.6 Å². The van der Waals surface area contributed by atoms with E-state index in [1.54, 1.807) is 0 Å². The highest BCUT2D eigenvalue weighted by atomic mass is 16.2. The Labute approximate surface area is 156 Å². The van der Waals surface area contributed by atoms with Crippen LogP contribution in [0.2, 0.25) is 0 Å². The summed E-state index contributed by atoms with van der Waals surface area (Å²) in [6.07, 6.45) is 5.84. The average molecular weight is 349 g/mol. The summed E-state index contributed by atoms with van der Waals surface area (Å²) in [5, 5.41) is 3.24. The summed E-state index contributed by atoms with van der Waals surface area (Å²) >= 11 is 0. The van der Waals surface area contributed by atoms with Crippen molar-refractivity contribution in [1.82, 2.24) is 5.32 Å². The molecular formula is C23H29N2O+. The van der Waals surface area contributed by atoms with Crippen molar-refractivity contribution in [3.63, 3.8) is 0 Å². The highest BCUT2D eigenvalue weighted by molar-refractivity contribution is 5.82. The predicted molar refractivity (Wildman–Crippen MR) is 104 cm³/mol. The number of benzene rings is 2. The van der Waals surface area contributed by atoms with Gasteiger partial charge in [-0.2, -0.15) is 0 Å². The van der Waals surface area contributed by atoms with E-state index in [2.05, 4.69) is 47.8 Å². The van der Waals surface area contributed by atoms with Gasteiger partial charge in [0.05, 0.1) is 13.1 Å². The molecule has 3 heteroatoms. The summed E-state index contributed by atoms with van der Waals surface area (Å²) in [4.78, 5) is 14.4. The number of quaternary nitrogens is 1. The van der Waals surface area contributed by atoms with Crippen molar-refractivity contribution in [3.8, 4) is 0 Å². The molecule has 1 aliphatic heterocycles. The molecule has 0 spiro atoms. The third kappa shape index (κ3) is 4.34. The van der Waals surface area contributed by atoms with Crippen LogP contribution in [0.5, 0.6) is 0 Å². The van der Waals surface area contributed by atoms with Gasteiger partial charge in [-0.3, -0.25) is 4.79 Å². The molecule has 1 saturated carbocycles. The van der Waals surface area contributed by atoms with Gasteiger partial charge in [-0.05, 0) is 43.6 Å². The maximum atomic E-state index is 12.9.